The molecule has 0 amide bonds. The molecular formula is C44H65N2+. The minimum atomic E-state index is 1.03. The van der Waals surface area contributed by atoms with E-state index in [1.807, 2.05) is 0 Å². The third kappa shape index (κ3) is 11.7. The SMILES string of the molecule is CCCCCCCCc1cc(C=C(C)[N+](C)=Nc2cc(CC)c(CCCC)c(CCCCCC)c2)cc(CC)c1-c1ccccc1. The first kappa shape index (κ1) is 37.5. The van der Waals surface area contributed by atoms with Crippen molar-refractivity contribution in [2.75, 3.05) is 7.05 Å². The summed E-state index contributed by atoms with van der Waals surface area (Å²) in [5, 5.41) is 5.17. The summed E-state index contributed by atoms with van der Waals surface area (Å²) in [6, 6.07) is 20.7. The topological polar surface area (TPSA) is 15.4 Å². The second kappa shape index (κ2) is 21.0. The summed E-state index contributed by atoms with van der Waals surface area (Å²) < 4.78 is 2.09. The fourth-order valence-corrected chi connectivity index (χ4v) is 6.80. The quantitative estimate of drug-likeness (QED) is 0.0639. The minimum absolute atomic E-state index is 1.03. The standard InChI is InChI=1S/C44H65N2/c1-8-13-16-18-19-22-28-41-32-36(31-38(12-5)44(41)39-25-23-20-24-26-39)30-35(6)46(7)45-42-33-37(11-4)43(29-15-10-3)40(34-42)27-21-17-14-9-2/h20,23-26,30-34H,8-19,21-22,27-29H2,1-7H3/q+1. The third-order valence-electron chi connectivity index (χ3n) is 9.60. The molecule has 0 saturated carbocycles. The lowest BCUT2D eigenvalue weighted by atomic mass is 9.88. The Kier molecular flexibility index (Phi) is 17.1. The van der Waals surface area contributed by atoms with Crippen LogP contribution in [0.1, 0.15) is 152 Å². The molecular weight excluding hydrogens is 556 g/mol. The van der Waals surface area contributed by atoms with Crippen LogP contribution < -0.4 is 0 Å². The van der Waals surface area contributed by atoms with Crippen LogP contribution in [-0.4, -0.2) is 11.7 Å². The van der Waals surface area contributed by atoms with Crippen LogP contribution in [0, 0.1) is 0 Å². The Morgan fingerprint density at radius 3 is 1.83 bits per heavy atom. The van der Waals surface area contributed by atoms with Crippen LogP contribution in [-0.2, 0) is 32.1 Å². The van der Waals surface area contributed by atoms with Gasteiger partial charge in [0.05, 0.1) is 0 Å². The Hall–Kier alpha value is -3.00. The van der Waals surface area contributed by atoms with Gasteiger partial charge >= 0.3 is 0 Å². The summed E-state index contributed by atoms with van der Waals surface area (Å²) in [4.78, 5) is 0. The summed E-state index contributed by atoms with van der Waals surface area (Å²) in [6.45, 7) is 13.7. The number of allylic oxidation sites excluding steroid dienone is 1. The van der Waals surface area contributed by atoms with Crippen molar-refractivity contribution in [3.63, 3.8) is 0 Å². The molecule has 2 nitrogen and oxygen atoms in total. The average Bonchev–Trinajstić information content (AvgIpc) is 3.07. The van der Waals surface area contributed by atoms with Gasteiger partial charge < -0.3 is 0 Å². The minimum Gasteiger partial charge on any atom is -0.0909 e. The summed E-state index contributed by atoms with van der Waals surface area (Å²) in [5.74, 6) is 0. The van der Waals surface area contributed by atoms with E-state index in [-0.39, 0.29) is 0 Å². The van der Waals surface area contributed by atoms with E-state index in [1.54, 1.807) is 5.56 Å². The van der Waals surface area contributed by atoms with Gasteiger partial charge in [-0.25, -0.2) is 0 Å². The van der Waals surface area contributed by atoms with Crippen LogP contribution in [0.5, 0.6) is 0 Å². The van der Waals surface area contributed by atoms with Gasteiger partial charge in [-0.2, -0.15) is 0 Å². The van der Waals surface area contributed by atoms with Crippen molar-refractivity contribution in [1.29, 1.82) is 0 Å². The normalized spacial score (nSPS) is 12.2. The smallest absolute Gasteiger partial charge is 0.0909 e. The Morgan fingerprint density at radius 1 is 0.609 bits per heavy atom. The summed E-state index contributed by atoms with van der Waals surface area (Å²) in [7, 11) is 2.11. The zero-order chi connectivity index (χ0) is 33.1. The number of benzene rings is 3. The predicted molar refractivity (Wildman–Crippen MR) is 203 cm³/mol. The maximum atomic E-state index is 5.17. The first-order valence-electron chi connectivity index (χ1n) is 18.9. The van der Waals surface area contributed by atoms with Gasteiger partial charge in [0.25, 0.3) is 0 Å². The monoisotopic (exact) mass is 622 g/mol. The Labute approximate surface area is 283 Å². The van der Waals surface area contributed by atoms with Crippen LogP contribution in [0.3, 0.4) is 0 Å². The molecule has 3 rings (SSSR count). The first-order chi connectivity index (χ1) is 22.4. The van der Waals surface area contributed by atoms with Crippen LogP contribution in [0.2, 0.25) is 0 Å². The highest BCUT2D eigenvalue weighted by Crippen LogP contribution is 2.32. The van der Waals surface area contributed by atoms with Gasteiger partial charge in [-0.1, -0.05) is 140 Å². The molecule has 0 aliphatic rings. The van der Waals surface area contributed by atoms with Crippen LogP contribution in [0.15, 0.2) is 65.4 Å². The van der Waals surface area contributed by atoms with Crippen molar-refractivity contribution in [2.45, 2.75) is 151 Å². The Balaban J connectivity index is 1.95. The molecule has 0 spiro atoms. The molecule has 0 aliphatic heterocycles. The van der Waals surface area contributed by atoms with Crippen LogP contribution >= 0.6 is 0 Å². The molecule has 0 aromatic heterocycles. The highest BCUT2D eigenvalue weighted by molar-refractivity contribution is 5.74. The van der Waals surface area contributed by atoms with Crippen molar-refractivity contribution in [3.05, 3.63) is 93.7 Å². The Morgan fingerprint density at radius 2 is 1.17 bits per heavy atom. The fourth-order valence-electron chi connectivity index (χ4n) is 6.80. The Bertz CT molecular complexity index is 1380. The van der Waals surface area contributed by atoms with E-state index in [0.29, 0.717) is 0 Å². The molecule has 0 aliphatic carbocycles. The van der Waals surface area contributed by atoms with Crippen molar-refractivity contribution in [1.82, 2.24) is 0 Å². The van der Waals surface area contributed by atoms with Crippen molar-refractivity contribution < 1.29 is 4.70 Å². The average molecular weight is 622 g/mol. The van der Waals surface area contributed by atoms with Gasteiger partial charge in [0.15, 0.2) is 7.05 Å². The van der Waals surface area contributed by atoms with E-state index in [2.05, 4.69) is 114 Å². The first-order valence-corrected chi connectivity index (χ1v) is 18.9. The highest BCUT2D eigenvalue weighted by Gasteiger charge is 2.15. The van der Waals surface area contributed by atoms with E-state index in [9.17, 15) is 0 Å². The number of nitrogens with zero attached hydrogens (tertiary/aromatic N) is 2. The van der Waals surface area contributed by atoms with E-state index in [0.717, 1.165) is 30.6 Å². The second-order valence-corrected chi connectivity index (χ2v) is 13.4. The molecule has 0 unspecified atom stereocenters. The van der Waals surface area contributed by atoms with Gasteiger partial charge in [0.1, 0.15) is 5.69 Å². The molecule has 0 radical (unpaired) electrons. The van der Waals surface area contributed by atoms with Crippen LogP contribution in [0.25, 0.3) is 17.2 Å². The highest BCUT2D eigenvalue weighted by atomic mass is 15.2. The zero-order valence-corrected chi connectivity index (χ0v) is 30.7. The second-order valence-electron chi connectivity index (χ2n) is 13.4. The molecule has 0 heterocycles. The lowest BCUT2D eigenvalue weighted by Crippen LogP contribution is -2.03. The molecule has 0 fully saturated rings. The summed E-state index contributed by atoms with van der Waals surface area (Å²) in [6.07, 6.45) is 23.6. The molecule has 2 heteroatoms. The number of unbranched alkanes of at least 4 members (excludes halogenated alkanes) is 9. The number of aryl methyl sites for hydroxylation is 4. The fraction of sp³-hybridized carbons (Fsp3) is 0.545. The molecule has 0 bridgehead atoms. The van der Waals surface area contributed by atoms with Gasteiger partial charge in [-0.15, -0.1) is 0 Å². The predicted octanol–water partition coefficient (Wildman–Crippen LogP) is 13.6. The van der Waals surface area contributed by atoms with E-state index < -0.39 is 0 Å². The van der Waals surface area contributed by atoms with Gasteiger partial charge in [-0.3, -0.25) is 0 Å². The van der Waals surface area contributed by atoms with E-state index in [4.69, 9.17) is 5.11 Å². The number of hydrogen-bond donors (Lipinski definition) is 0. The molecule has 0 N–H and O–H groups in total. The van der Waals surface area contributed by atoms with Crippen molar-refractivity contribution in [3.8, 4) is 11.1 Å². The maximum Gasteiger partial charge on any atom is 0.205 e. The summed E-state index contributed by atoms with van der Waals surface area (Å²) in [5.41, 5.74) is 13.9. The third-order valence-corrected chi connectivity index (χ3v) is 9.60. The van der Waals surface area contributed by atoms with Crippen LogP contribution in [0.4, 0.5) is 5.69 Å². The van der Waals surface area contributed by atoms with Gasteiger partial charge in [0, 0.05) is 13.0 Å². The molecule has 46 heavy (non-hydrogen) atoms. The largest absolute Gasteiger partial charge is 0.205 e. The maximum absolute atomic E-state index is 5.17. The van der Waals surface area contributed by atoms with E-state index in [1.165, 1.54) is 129 Å². The number of rotatable bonds is 21. The van der Waals surface area contributed by atoms with Crippen molar-refractivity contribution >= 4 is 11.8 Å². The number of azo groups is 2. The van der Waals surface area contributed by atoms with Gasteiger partial charge in [0.2, 0.25) is 5.70 Å². The molecule has 3 aromatic carbocycles. The van der Waals surface area contributed by atoms with Crippen molar-refractivity contribution in [2.24, 2.45) is 5.11 Å². The molecule has 3 aromatic rings. The van der Waals surface area contributed by atoms with Gasteiger partial charge in [-0.05, 0) is 113 Å². The molecule has 0 atom stereocenters. The lowest BCUT2D eigenvalue weighted by Gasteiger charge is -2.16. The number of hydrogen-bond acceptors (Lipinski definition) is 1. The summed E-state index contributed by atoms with van der Waals surface area (Å²) >= 11 is 0. The molecule has 0 saturated heterocycles. The van der Waals surface area contributed by atoms with E-state index >= 15 is 0 Å². The zero-order valence-electron chi connectivity index (χ0n) is 30.7. The molecule has 250 valence electrons. The lowest BCUT2D eigenvalue weighted by molar-refractivity contribution is -0.510.